The van der Waals surface area contributed by atoms with Crippen LogP contribution >= 0.6 is 46.0 Å². The second-order valence-electron chi connectivity index (χ2n) is 3.86. The van der Waals surface area contributed by atoms with Crippen molar-refractivity contribution >= 4 is 51.9 Å². The molecule has 0 bridgehead atoms. The summed E-state index contributed by atoms with van der Waals surface area (Å²) in [5.74, 6) is 1.32. The summed E-state index contributed by atoms with van der Waals surface area (Å²) in [5, 5.41) is 5.80. The summed E-state index contributed by atoms with van der Waals surface area (Å²) in [6.07, 6.45) is 0. The number of carbonyl (C=O) groups is 1. The minimum atomic E-state index is 0.0421. The van der Waals surface area contributed by atoms with E-state index in [1.165, 1.54) is 4.88 Å². The quantitative estimate of drug-likeness (QED) is 0.876. The number of amides is 1. The highest BCUT2D eigenvalue weighted by atomic mass is 35.5. The highest BCUT2D eigenvalue weighted by Crippen LogP contribution is 2.24. The van der Waals surface area contributed by atoms with Gasteiger partial charge in [0.2, 0.25) is 5.91 Å². The number of hydrogen-bond acceptors (Lipinski definition) is 5. The average molecular weight is 333 g/mol. The van der Waals surface area contributed by atoms with Gasteiger partial charge in [-0.15, -0.1) is 34.4 Å². The summed E-state index contributed by atoms with van der Waals surface area (Å²) in [4.78, 5) is 17.1. The molecule has 0 saturated heterocycles. The molecule has 0 aliphatic carbocycles. The van der Waals surface area contributed by atoms with E-state index in [0.29, 0.717) is 12.3 Å². The monoisotopic (exact) mass is 332 g/mol. The van der Waals surface area contributed by atoms with Gasteiger partial charge in [-0.1, -0.05) is 11.6 Å². The lowest BCUT2D eigenvalue weighted by molar-refractivity contribution is -0.118. The maximum absolute atomic E-state index is 11.6. The van der Waals surface area contributed by atoms with Gasteiger partial charge in [0.25, 0.3) is 0 Å². The predicted molar refractivity (Wildman–Crippen MR) is 84.2 cm³/mol. The third-order valence-electron chi connectivity index (χ3n) is 2.21. The molecule has 2 aromatic rings. The van der Waals surface area contributed by atoms with E-state index < -0.39 is 0 Å². The van der Waals surface area contributed by atoms with Crippen molar-refractivity contribution in [2.45, 2.75) is 19.2 Å². The van der Waals surface area contributed by atoms with Crippen molar-refractivity contribution in [3.8, 4) is 0 Å². The van der Waals surface area contributed by atoms with E-state index in [1.807, 2.05) is 24.4 Å². The molecular weight excluding hydrogens is 320 g/mol. The number of aromatic nitrogens is 1. The van der Waals surface area contributed by atoms with E-state index in [-0.39, 0.29) is 5.91 Å². The van der Waals surface area contributed by atoms with Crippen molar-refractivity contribution in [1.29, 1.82) is 0 Å². The Labute approximate surface area is 129 Å². The van der Waals surface area contributed by atoms with Crippen molar-refractivity contribution in [1.82, 2.24) is 10.3 Å². The maximum Gasteiger partial charge on any atom is 0.230 e. The summed E-state index contributed by atoms with van der Waals surface area (Å²) in [5.41, 5.74) is 0.998. The highest BCUT2D eigenvalue weighted by Gasteiger charge is 2.05. The number of nitrogens with zero attached hydrogens (tertiary/aromatic N) is 1. The number of aryl methyl sites for hydroxylation is 1. The van der Waals surface area contributed by atoms with Crippen LogP contribution in [-0.4, -0.2) is 16.6 Å². The van der Waals surface area contributed by atoms with Gasteiger partial charge in [-0.3, -0.25) is 4.79 Å². The number of hydrogen-bond donors (Lipinski definition) is 1. The van der Waals surface area contributed by atoms with Gasteiger partial charge >= 0.3 is 0 Å². The van der Waals surface area contributed by atoms with Gasteiger partial charge in [0, 0.05) is 21.7 Å². The maximum atomic E-state index is 11.6. The van der Waals surface area contributed by atoms with Crippen LogP contribution in [0.2, 0.25) is 4.34 Å². The number of halogens is 1. The molecule has 7 heteroatoms. The zero-order valence-corrected chi connectivity index (χ0v) is 13.5. The molecule has 19 heavy (non-hydrogen) atoms. The molecule has 102 valence electrons. The summed E-state index contributed by atoms with van der Waals surface area (Å²) in [7, 11) is 0. The molecule has 0 fully saturated rings. The summed E-state index contributed by atoms with van der Waals surface area (Å²) in [6.45, 7) is 2.46. The second kappa shape index (κ2) is 7.28. The van der Waals surface area contributed by atoms with Crippen LogP contribution in [-0.2, 0) is 17.1 Å². The Bertz CT molecular complexity index is 553. The minimum absolute atomic E-state index is 0.0421. The van der Waals surface area contributed by atoms with E-state index in [4.69, 9.17) is 11.6 Å². The number of thiazole rings is 1. The molecule has 2 heterocycles. The van der Waals surface area contributed by atoms with Crippen LogP contribution in [0, 0.1) is 6.92 Å². The van der Waals surface area contributed by atoms with Gasteiger partial charge in [0.15, 0.2) is 0 Å². The van der Waals surface area contributed by atoms with E-state index in [0.717, 1.165) is 20.8 Å². The minimum Gasteiger partial charge on any atom is -0.349 e. The van der Waals surface area contributed by atoms with Gasteiger partial charge in [0.05, 0.1) is 16.6 Å². The van der Waals surface area contributed by atoms with Gasteiger partial charge in [-0.2, -0.15) is 0 Å². The smallest absolute Gasteiger partial charge is 0.230 e. The average Bonchev–Trinajstić information content (AvgIpc) is 2.96. The fraction of sp³-hybridized carbons (Fsp3) is 0.333. The lowest BCUT2D eigenvalue weighted by Crippen LogP contribution is -2.24. The largest absolute Gasteiger partial charge is 0.349 e. The zero-order valence-electron chi connectivity index (χ0n) is 10.3. The Balaban J connectivity index is 1.64. The first-order valence-corrected chi connectivity index (χ1v) is 8.86. The second-order valence-corrected chi connectivity index (χ2v) is 7.59. The summed E-state index contributed by atoms with van der Waals surface area (Å²) in [6, 6.07) is 3.88. The number of thioether (sulfide) groups is 1. The van der Waals surface area contributed by atoms with Crippen LogP contribution in [0.1, 0.15) is 15.6 Å². The Kier molecular flexibility index (Phi) is 5.69. The molecule has 1 N–H and O–H groups in total. The van der Waals surface area contributed by atoms with Gasteiger partial charge in [-0.05, 0) is 19.1 Å². The molecule has 0 radical (unpaired) electrons. The Hall–Kier alpha value is -0.560. The van der Waals surface area contributed by atoms with Crippen LogP contribution in [0.5, 0.6) is 0 Å². The Morgan fingerprint density at radius 2 is 2.37 bits per heavy atom. The first kappa shape index (κ1) is 14.8. The van der Waals surface area contributed by atoms with Crippen LogP contribution in [0.15, 0.2) is 17.5 Å². The van der Waals surface area contributed by atoms with Crippen LogP contribution in [0.25, 0.3) is 0 Å². The molecule has 0 aliphatic rings. The van der Waals surface area contributed by atoms with Crippen LogP contribution < -0.4 is 5.32 Å². The van der Waals surface area contributed by atoms with Gasteiger partial charge in [0.1, 0.15) is 5.01 Å². The Morgan fingerprint density at radius 3 is 3.00 bits per heavy atom. The number of nitrogens with one attached hydrogen (secondary N) is 1. The van der Waals surface area contributed by atoms with Crippen molar-refractivity contribution in [2.24, 2.45) is 0 Å². The number of carbonyl (C=O) groups excluding carboxylic acids is 1. The molecule has 2 aromatic heterocycles. The third kappa shape index (κ3) is 5.14. The van der Waals surface area contributed by atoms with Crippen molar-refractivity contribution in [2.75, 3.05) is 5.75 Å². The van der Waals surface area contributed by atoms with Gasteiger partial charge in [-0.25, -0.2) is 4.98 Å². The molecule has 0 aromatic carbocycles. The lowest BCUT2D eigenvalue weighted by atomic mass is 10.5. The number of thiophene rings is 1. The molecule has 0 saturated carbocycles. The van der Waals surface area contributed by atoms with Crippen LogP contribution in [0.3, 0.4) is 0 Å². The standard InChI is InChI=1S/C12H13ClN2OS3/c1-8-5-18-12(15-8)4-14-11(16)7-17-6-9-2-3-10(13)19-9/h2-3,5H,4,6-7H2,1H3,(H,14,16). The molecule has 0 atom stereocenters. The first-order chi connectivity index (χ1) is 9.13. The fourth-order valence-corrected chi connectivity index (χ4v) is 4.15. The SMILES string of the molecule is Cc1csc(CNC(=O)CSCc2ccc(Cl)s2)n1. The molecule has 3 nitrogen and oxygen atoms in total. The molecule has 0 aliphatic heterocycles. The van der Waals surface area contributed by atoms with E-state index in [9.17, 15) is 4.79 Å². The van der Waals surface area contributed by atoms with E-state index in [2.05, 4.69) is 10.3 Å². The molecular formula is C12H13ClN2OS3. The molecule has 2 rings (SSSR count). The fourth-order valence-electron chi connectivity index (χ4n) is 1.38. The topological polar surface area (TPSA) is 42.0 Å². The first-order valence-electron chi connectivity index (χ1n) is 5.63. The van der Waals surface area contributed by atoms with Crippen molar-refractivity contribution < 1.29 is 4.79 Å². The van der Waals surface area contributed by atoms with Gasteiger partial charge < -0.3 is 5.32 Å². The summed E-state index contributed by atoms with van der Waals surface area (Å²) < 4.78 is 0.791. The zero-order chi connectivity index (χ0) is 13.7. The highest BCUT2D eigenvalue weighted by molar-refractivity contribution is 7.99. The summed E-state index contributed by atoms with van der Waals surface area (Å²) >= 11 is 10.6. The van der Waals surface area contributed by atoms with Crippen molar-refractivity contribution in [3.05, 3.63) is 37.4 Å². The molecule has 0 spiro atoms. The van der Waals surface area contributed by atoms with E-state index in [1.54, 1.807) is 34.4 Å². The lowest BCUT2D eigenvalue weighted by Gasteiger charge is -2.02. The van der Waals surface area contributed by atoms with Crippen molar-refractivity contribution in [3.63, 3.8) is 0 Å². The number of rotatable bonds is 6. The molecule has 1 amide bonds. The normalized spacial score (nSPS) is 10.6. The van der Waals surface area contributed by atoms with E-state index >= 15 is 0 Å². The Morgan fingerprint density at radius 1 is 1.53 bits per heavy atom. The molecule has 0 unspecified atom stereocenters. The predicted octanol–water partition coefficient (Wildman–Crippen LogP) is 3.72. The van der Waals surface area contributed by atoms with Crippen LogP contribution in [0.4, 0.5) is 0 Å². The third-order valence-corrected chi connectivity index (χ3v) is 5.57.